The molecule has 2 heterocycles. The first-order valence-corrected chi connectivity index (χ1v) is 8.09. The van der Waals surface area contributed by atoms with Gasteiger partial charge in [-0.3, -0.25) is 0 Å². The molecule has 3 nitrogen and oxygen atoms in total. The molecule has 2 atom stereocenters. The molecule has 1 aliphatic rings. The highest BCUT2D eigenvalue weighted by Gasteiger charge is 2.51. The number of ether oxygens (including phenoxy) is 2. The molecule has 1 saturated heterocycles. The number of hydrogen-bond donors (Lipinski definition) is 0. The van der Waals surface area contributed by atoms with Gasteiger partial charge in [0.1, 0.15) is 10.7 Å². The number of rotatable bonds is 4. The number of halogens is 1. The molecule has 0 aliphatic carbocycles. The first-order chi connectivity index (χ1) is 8.87. The number of aromatic nitrogens is 1. The second kappa shape index (κ2) is 5.72. The summed E-state index contributed by atoms with van der Waals surface area (Å²) in [5, 5.41) is 0. The fourth-order valence-electron chi connectivity index (χ4n) is 2.04. The van der Waals surface area contributed by atoms with Crippen LogP contribution < -0.4 is 0 Å². The maximum absolute atomic E-state index is 5.77. The Bertz CT molecular complexity index is 445. The normalized spacial score (nSPS) is 27.1. The van der Waals surface area contributed by atoms with Crippen molar-refractivity contribution in [3.8, 4) is 0 Å². The monoisotopic (exact) mass is 345 g/mol. The van der Waals surface area contributed by atoms with Crippen molar-refractivity contribution >= 4 is 27.7 Å². The van der Waals surface area contributed by atoms with E-state index in [1.54, 1.807) is 7.11 Å². The number of nitrogens with zero attached hydrogens (tertiary/aromatic N) is 1. The van der Waals surface area contributed by atoms with Crippen LogP contribution in [0.5, 0.6) is 0 Å². The molecule has 2 unspecified atom stereocenters. The number of methoxy groups -OCH3 is 1. The average molecular weight is 346 g/mol. The van der Waals surface area contributed by atoms with Crippen LogP contribution in [0.3, 0.4) is 0 Å². The van der Waals surface area contributed by atoms with Crippen molar-refractivity contribution < 1.29 is 9.47 Å². The Kier molecular flexibility index (Phi) is 4.60. The van der Waals surface area contributed by atoms with Crippen LogP contribution in [0, 0.1) is 0 Å². The summed E-state index contributed by atoms with van der Waals surface area (Å²) in [6, 6.07) is 5.91. The van der Waals surface area contributed by atoms with Gasteiger partial charge >= 0.3 is 0 Å². The van der Waals surface area contributed by atoms with Crippen LogP contribution in [0.15, 0.2) is 22.8 Å². The minimum absolute atomic E-state index is 0.0588. The Morgan fingerprint density at radius 3 is 2.74 bits per heavy atom. The number of hydrogen-bond acceptors (Lipinski definition) is 4. The van der Waals surface area contributed by atoms with Gasteiger partial charge < -0.3 is 9.47 Å². The summed E-state index contributed by atoms with van der Waals surface area (Å²) in [4.78, 5) is 4.54. The van der Waals surface area contributed by atoms with Gasteiger partial charge in [0.2, 0.25) is 0 Å². The minimum Gasteiger partial charge on any atom is -0.370 e. The molecular weight excluding hydrogens is 326 g/mol. The van der Waals surface area contributed by atoms with E-state index >= 15 is 0 Å². The summed E-state index contributed by atoms with van der Waals surface area (Å²) in [5.41, 5.74) is 0.539. The summed E-state index contributed by atoms with van der Waals surface area (Å²) in [5.74, 6) is 0.908. The van der Waals surface area contributed by atoms with Crippen LogP contribution in [0.4, 0.5) is 0 Å². The summed E-state index contributed by atoms with van der Waals surface area (Å²) in [6.45, 7) is 7.20. The number of thioether (sulfide) groups is 1. The first kappa shape index (κ1) is 15.3. The Balaban J connectivity index is 2.15. The van der Waals surface area contributed by atoms with Gasteiger partial charge in [0.05, 0.1) is 12.3 Å². The van der Waals surface area contributed by atoms with Gasteiger partial charge in [-0.2, -0.15) is 11.8 Å². The SMILES string of the molecule is COC1(c2cccc(Br)n2)COC1CSC(C)(C)C. The molecule has 0 N–H and O–H groups in total. The molecule has 0 aromatic carbocycles. The first-order valence-electron chi connectivity index (χ1n) is 6.31. The van der Waals surface area contributed by atoms with Gasteiger partial charge in [-0.25, -0.2) is 4.98 Å². The second-order valence-corrected chi connectivity index (χ2v) is 8.32. The van der Waals surface area contributed by atoms with E-state index in [4.69, 9.17) is 9.47 Å². The van der Waals surface area contributed by atoms with E-state index in [-0.39, 0.29) is 10.9 Å². The lowest BCUT2D eigenvalue weighted by Gasteiger charge is -2.47. The van der Waals surface area contributed by atoms with Crippen molar-refractivity contribution in [2.24, 2.45) is 0 Å². The molecule has 0 spiro atoms. The molecule has 0 radical (unpaired) electrons. The van der Waals surface area contributed by atoms with E-state index in [0.29, 0.717) is 6.61 Å². The standard InChI is InChI=1S/C14H20BrNO2S/c1-13(2,3)19-8-11-14(17-4,9-18-11)10-6-5-7-12(15)16-10/h5-7,11H,8-9H2,1-4H3. The van der Waals surface area contributed by atoms with Crippen LogP contribution in [-0.2, 0) is 15.1 Å². The third-order valence-corrected chi connectivity index (χ3v) is 4.98. The molecule has 1 aromatic heterocycles. The highest BCUT2D eigenvalue weighted by molar-refractivity contribution is 9.10. The zero-order chi connectivity index (χ0) is 14.1. The van der Waals surface area contributed by atoms with Crippen LogP contribution in [-0.4, -0.2) is 35.3 Å². The molecule has 5 heteroatoms. The summed E-state index contributed by atoms with van der Waals surface area (Å²) in [7, 11) is 1.74. The summed E-state index contributed by atoms with van der Waals surface area (Å²) < 4.78 is 12.6. The predicted molar refractivity (Wildman–Crippen MR) is 82.6 cm³/mol. The Hall–Kier alpha value is -0.100. The summed E-state index contributed by atoms with van der Waals surface area (Å²) >= 11 is 5.30. The Morgan fingerprint density at radius 2 is 2.26 bits per heavy atom. The Morgan fingerprint density at radius 1 is 1.53 bits per heavy atom. The highest BCUT2D eigenvalue weighted by atomic mass is 79.9. The van der Waals surface area contributed by atoms with E-state index < -0.39 is 5.60 Å². The summed E-state index contributed by atoms with van der Waals surface area (Å²) in [6.07, 6.45) is 0.0588. The van der Waals surface area contributed by atoms with Crippen molar-refractivity contribution in [3.05, 3.63) is 28.5 Å². The van der Waals surface area contributed by atoms with Crippen LogP contribution in [0.25, 0.3) is 0 Å². The molecule has 1 aromatic rings. The van der Waals surface area contributed by atoms with Gasteiger partial charge in [-0.1, -0.05) is 26.8 Å². The van der Waals surface area contributed by atoms with Gasteiger partial charge in [0.25, 0.3) is 0 Å². The lowest BCUT2D eigenvalue weighted by atomic mass is 9.88. The quantitative estimate of drug-likeness (QED) is 0.780. The number of pyridine rings is 1. The second-order valence-electron chi connectivity index (χ2n) is 5.66. The van der Waals surface area contributed by atoms with Crippen molar-refractivity contribution in [3.63, 3.8) is 0 Å². The highest BCUT2D eigenvalue weighted by Crippen LogP contribution is 2.41. The molecular formula is C14H20BrNO2S. The fraction of sp³-hybridized carbons (Fsp3) is 0.643. The van der Waals surface area contributed by atoms with E-state index in [1.807, 2.05) is 30.0 Å². The van der Waals surface area contributed by atoms with Crippen molar-refractivity contribution in [2.45, 2.75) is 37.2 Å². The zero-order valence-electron chi connectivity index (χ0n) is 11.8. The molecule has 0 amide bonds. The lowest BCUT2D eigenvalue weighted by Crippen LogP contribution is -2.58. The Labute approximate surface area is 127 Å². The molecule has 106 valence electrons. The minimum atomic E-state index is -0.401. The molecule has 0 bridgehead atoms. The van der Waals surface area contributed by atoms with E-state index in [9.17, 15) is 0 Å². The zero-order valence-corrected chi connectivity index (χ0v) is 14.2. The average Bonchev–Trinajstić information content (AvgIpc) is 2.27. The van der Waals surface area contributed by atoms with Crippen molar-refractivity contribution in [1.82, 2.24) is 4.98 Å². The van der Waals surface area contributed by atoms with E-state index in [1.165, 1.54) is 0 Å². The third-order valence-electron chi connectivity index (χ3n) is 3.20. The third kappa shape index (κ3) is 3.32. The van der Waals surface area contributed by atoms with Gasteiger partial charge in [0.15, 0.2) is 5.60 Å². The topological polar surface area (TPSA) is 31.4 Å². The molecule has 1 fully saturated rings. The predicted octanol–water partition coefficient (Wildman–Crippen LogP) is 3.62. The van der Waals surface area contributed by atoms with Crippen molar-refractivity contribution in [1.29, 1.82) is 0 Å². The van der Waals surface area contributed by atoms with Gasteiger partial charge in [-0.15, -0.1) is 0 Å². The van der Waals surface area contributed by atoms with Gasteiger partial charge in [-0.05, 0) is 28.1 Å². The van der Waals surface area contributed by atoms with E-state index in [2.05, 4.69) is 41.7 Å². The maximum Gasteiger partial charge on any atom is 0.159 e. The molecule has 1 aliphatic heterocycles. The van der Waals surface area contributed by atoms with Crippen molar-refractivity contribution in [2.75, 3.05) is 19.5 Å². The molecule has 2 rings (SSSR count). The van der Waals surface area contributed by atoms with Crippen LogP contribution >= 0.6 is 27.7 Å². The largest absolute Gasteiger partial charge is 0.370 e. The fourth-order valence-corrected chi connectivity index (χ4v) is 3.40. The molecule has 19 heavy (non-hydrogen) atoms. The van der Waals surface area contributed by atoms with E-state index in [0.717, 1.165) is 16.0 Å². The smallest absolute Gasteiger partial charge is 0.159 e. The van der Waals surface area contributed by atoms with Crippen LogP contribution in [0.2, 0.25) is 0 Å². The van der Waals surface area contributed by atoms with Gasteiger partial charge in [0, 0.05) is 17.6 Å². The maximum atomic E-state index is 5.77. The molecule has 0 saturated carbocycles. The lowest BCUT2D eigenvalue weighted by molar-refractivity contribution is -0.251. The van der Waals surface area contributed by atoms with Crippen LogP contribution in [0.1, 0.15) is 26.5 Å².